The van der Waals surface area contributed by atoms with Crippen LogP contribution < -0.4 is 5.73 Å². The summed E-state index contributed by atoms with van der Waals surface area (Å²) in [5.41, 5.74) is 7.35. The number of anilines is 1. The Labute approximate surface area is 126 Å². The number of nitrogens with two attached hydrogens (primary N) is 1. The van der Waals surface area contributed by atoms with Gasteiger partial charge in [-0.25, -0.2) is 0 Å². The predicted molar refractivity (Wildman–Crippen MR) is 82.3 cm³/mol. The molecule has 0 spiro atoms. The van der Waals surface area contributed by atoms with Crippen molar-refractivity contribution in [3.05, 3.63) is 23.2 Å². The number of amides is 1. The van der Waals surface area contributed by atoms with Gasteiger partial charge in [0.1, 0.15) is 10.4 Å². The SMILES string of the molecule is Nc1c(C(=O)N2C3CCC2CC(O)C3)sc2cccnc12. The van der Waals surface area contributed by atoms with Gasteiger partial charge in [-0.1, -0.05) is 0 Å². The number of thiophene rings is 1. The number of nitrogens with zero attached hydrogens (tertiary/aromatic N) is 2. The standard InChI is InChI=1S/C15H17N3O2S/c16-12-13-11(2-1-5-17-13)21-14(12)15(20)18-8-3-4-9(18)7-10(19)6-8/h1-2,5,8-10,19H,3-4,6-7,16H2. The lowest BCUT2D eigenvalue weighted by molar-refractivity contribution is 0.0291. The number of nitrogen functional groups attached to an aromatic ring is 1. The maximum absolute atomic E-state index is 12.9. The van der Waals surface area contributed by atoms with E-state index < -0.39 is 0 Å². The van der Waals surface area contributed by atoms with Gasteiger partial charge in [-0.2, -0.15) is 0 Å². The molecule has 2 aliphatic rings. The van der Waals surface area contributed by atoms with E-state index >= 15 is 0 Å². The van der Waals surface area contributed by atoms with Gasteiger partial charge >= 0.3 is 0 Å². The molecule has 2 aliphatic heterocycles. The van der Waals surface area contributed by atoms with E-state index in [-0.39, 0.29) is 24.1 Å². The Morgan fingerprint density at radius 1 is 1.38 bits per heavy atom. The van der Waals surface area contributed by atoms with Gasteiger partial charge in [-0.3, -0.25) is 9.78 Å². The molecular formula is C15H17N3O2S. The second-order valence-electron chi connectivity index (χ2n) is 5.92. The lowest BCUT2D eigenvalue weighted by atomic mass is 9.99. The lowest BCUT2D eigenvalue weighted by Crippen LogP contribution is -2.47. The van der Waals surface area contributed by atoms with Crippen LogP contribution in [0.3, 0.4) is 0 Å². The van der Waals surface area contributed by atoms with E-state index in [0.717, 1.165) is 23.1 Å². The average Bonchev–Trinajstić information content (AvgIpc) is 2.95. The maximum atomic E-state index is 12.9. The van der Waals surface area contributed by atoms with Crippen LogP contribution in [0.15, 0.2) is 18.3 Å². The average molecular weight is 303 g/mol. The molecule has 0 aliphatic carbocycles. The molecule has 4 heterocycles. The normalized spacial score (nSPS) is 28.2. The second-order valence-corrected chi connectivity index (χ2v) is 6.97. The molecule has 0 aromatic carbocycles. The van der Waals surface area contributed by atoms with Gasteiger partial charge in [0, 0.05) is 18.3 Å². The molecule has 2 aromatic rings. The zero-order chi connectivity index (χ0) is 14.6. The summed E-state index contributed by atoms with van der Waals surface area (Å²) in [7, 11) is 0. The van der Waals surface area contributed by atoms with Crippen LogP contribution >= 0.6 is 11.3 Å². The molecule has 0 radical (unpaired) electrons. The second kappa shape index (κ2) is 4.68. The van der Waals surface area contributed by atoms with Gasteiger partial charge in [0.15, 0.2) is 0 Å². The van der Waals surface area contributed by atoms with E-state index in [9.17, 15) is 9.90 Å². The van der Waals surface area contributed by atoms with Crippen LogP contribution in [0.2, 0.25) is 0 Å². The molecule has 0 saturated carbocycles. The molecule has 2 aromatic heterocycles. The molecule has 2 atom stereocenters. The van der Waals surface area contributed by atoms with Crippen molar-refractivity contribution in [1.29, 1.82) is 0 Å². The van der Waals surface area contributed by atoms with E-state index in [2.05, 4.69) is 4.98 Å². The van der Waals surface area contributed by atoms with E-state index in [1.807, 2.05) is 17.0 Å². The Bertz CT molecular complexity index is 700. The highest BCUT2D eigenvalue weighted by Crippen LogP contribution is 2.40. The number of pyridine rings is 1. The van der Waals surface area contributed by atoms with Crippen LogP contribution in [0.4, 0.5) is 5.69 Å². The Morgan fingerprint density at radius 3 is 2.76 bits per heavy atom. The quantitative estimate of drug-likeness (QED) is 0.844. The van der Waals surface area contributed by atoms with E-state index in [1.54, 1.807) is 6.20 Å². The molecule has 3 N–H and O–H groups in total. The summed E-state index contributed by atoms with van der Waals surface area (Å²) in [5, 5.41) is 9.86. The third-order valence-electron chi connectivity index (χ3n) is 4.62. The fourth-order valence-corrected chi connectivity index (χ4v) is 4.73. The predicted octanol–water partition coefficient (Wildman–Crippen LogP) is 2.01. The largest absolute Gasteiger partial charge is 0.396 e. The van der Waals surface area contributed by atoms with Crippen molar-refractivity contribution in [2.24, 2.45) is 0 Å². The summed E-state index contributed by atoms with van der Waals surface area (Å²) in [6.45, 7) is 0. The van der Waals surface area contributed by atoms with Crippen molar-refractivity contribution >= 4 is 33.1 Å². The number of carbonyl (C=O) groups is 1. The minimum Gasteiger partial charge on any atom is -0.396 e. The Kier molecular flexibility index (Phi) is 2.90. The minimum absolute atomic E-state index is 0.00917. The molecule has 5 nitrogen and oxygen atoms in total. The van der Waals surface area contributed by atoms with Gasteiger partial charge in [-0.05, 0) is 37.8 Å². The maximum Gasteiger partial charge on any atom is 0.266 e. The number of aliphatic hydroxyl groups excluding tert-OH is 1. The van der Waals surface area contributed by atoms with E-state index in [1.165, 1.54) is 11.3 Å². The highest BCUT2D eigenvalue weighted by Gasteiger charge is 2.43. The number of hydrogen-bond acceptors (Lipinski definition) is 5. The first kappa shape index (κ1) is 13.0. The van der Waals surface area contributed by atoms with Gasteiger partial charge in [0.05, 0.1) is 16.5 Å². The molecule has 2 saturated heterocycles. The van der Waals surface area contributed by atoms with Gasteiger partial charge in [-0.15, -0.1) is 11.3 Å². The first-order valence-electron chi connectivity index (χ1n) is 7.29. The summed E-state index contributed by atoms with van der Waals surface area (Å²) in [6, 6.07) is 4.11. The van der Waals surface area contributed by atoms with E-state index in [4.69, 9.17) is 5.73 Å². The summed E-state index contributed by atoms with van der Waals surface area (Å²) in [5.74, 6) is 0.00917. The van der Waals surface area contributed by atoms with Crippen molar-refractivity contribution < 1.29 is 9.90 Å². The first-order chi connectivity index (χ1) is 10.1. The minimum atomic E-state index is -0.270. The zero-order valence-electron chi connectivity index (χ0n) is 11.5. The van der Waals surface area contributed by atoms with Crippen LogP contribution in [-0.4, -0.2) is 39.1 Å². The molecule has 6 heteroatoms. The number of rotatable bonds is 1. The Hall–Kier alpha value is -1.66. The number of aromatic nitrogens is 1. The molecule has 2 bridgehead atoms. The summed E-state index contributed by atoms with van der Waals surface area (Å²) in [4.78, 5) is 19.7. The number of carbonyl (C=O) groups excluding carboxylic acids is 1. The van der Waals surface area contributed by atoms with Crippen LogP contribution in [0.25, 0.3) is 10.2 Å². The number of aliphatic hydroxyl groups is 1. The van der Waals surface area contributed by atoms with Crippen LogP contribution in [-0.2, 0) is 0 Å². The van der Waals surface area contributed by atoms with Gasteiger partial charge in [0.25, 0.3) is 5.91 Å². The summed E-state index contributed by atoms with van der Waals surface area (Å²) < 4.78 is 0.947. The third kappa shape index (κ3) is 1.93. The van der Waals surface area contributed by atoms with Crippen LogP contribution in [0, 0.1) is 0 Å². The highest BCUT2D eigenvalue weighted by molar-refractivity contribution is 7.21. The number of hydrogen-bond donors (Lipinski definition) is 2. The van der Waals surface area contributed by atoms with Gasteiger partial charge in [0.2, 0.25) is 0 Å². The third-order valence-corrected chi connectivity index (χ3v) is 5.77. The summed E-state index contributed by atoms with van der Waals surface area (Å²) in [6.07, 6.45) is 4.76. The Morgan fingerprint density at radius 2 is 2.10 bits per heavy atom. The smallest absolute Gasteiger partial charge is 0.266 e. The van der Waals surface area contributed by atoms with E-state index in [0.29, 0.717) is 23.4 Å². The highest BCUT2D eigenvalue weighted by atomic mass is 32.1. The Balaban J connectivity index is 1.72. The fourth-order valence-electron chi connectivity index (χ4n) is 3.70. The molecular weight excluding hydrogens is 286 g/mol. The molecule has 2 fully saturated rings. The monoisotopic (exact) mass is 303 g/mol. The molecule has 110 valence electrons. The first-order valence-corrected chi connectivity index (χ1v) is 8.10. The molecule has 21 heavy (non-hydrogen) atoms. The number of piperidine rings is 1. The zero-order valence-corrected chi connectivity index (χ0v) is 12.3. The topological polar surface area (TPSA) is 79.5 Å². The van der Waals surface area contributed by atoms with Crippen LogP contribution in [0.5, 0.6) is 0 Å². The summed E-state index contributed by atoms with van der Waals surface area (Å²) >= 11 is 1.42. The van der Waals surface area contributed by atoms with Crippen molar-refractivity contribution in [3.63, 3.8) is 0 Å². The van der Waals surface area contributed by atoms with Crippen molar-refractivity contribution in [2.45, 2.75) is 43.9 Å². The molecule has 1 amide bonds. The lowest BCUT2D eigenvalue weighted by Gasteiger charge is -2.37. The fraction of sp³-hybridized carbons (Fsp3) is 0.467. The van der Waals surface area contributed by atoms with Gasteiger partial charge < -0.3 is 15.7 Å². The molecule has 2 unspecified atom stereocenters. The van der Waals surface area contributed by atoms with Crippen molar-refractivity contribution in [2.75, 3.05) is 5.73 Å². The van der Waals surface area contributed by atoms with Crippen LogP contribution in [0.1, 0.15) is 35.4 Å². The van der Waals surface area contributed by atoms with Crippen molar-refractivity contribution in [3.8, 4) is 0 Å². The molecule has 4 rings (SSSR count). The number of fused-ring (bicyclic) bond motifs is 3. The van der Waals surface area contributed by atoms with Crippen molar-refractivity contribution in [1.82, 2.24) is 9.88 Å².